The Bertz CT molecular complexity index is 648. The Morgan fingerprint density at radius 1 is 1.23 bits per heavy atom. The van der Waals surface area contributed by atoms with Gasteiger partial charge in [-0.05, 0) is 30.7 Å². The SMILES string of the molecule is COc1ccccc1NC(=O)[C@@H](C)SCc1ccccc1F. The number of nitrogens with one attached hydrogen (secondary N) is 1. The predicted octanol–water partition coefficient (Wildman–Crippen LogP) is 4.09. The van der Waals surface area contributed by atoms with E-state index < -0.39 is 0 Å². The summed E-state index contributed by atoms with van der Waals surface area (Å²) in [6, 6.07) is 13.8. The monoisotopic (exact) mass is 319 g/mol. The number of amides is 1. The lowest BCUT2D eigenvalue weighted by atomic mass is 10.2. The zero-order valence-electron chi connectivity index (χ0n) is 12.5. The van der Waals surface area contributed by atoms with Gasteiger partial charge in [0.05, 0.1) is 18.0 Å². The first kappa shape index (κ1) is 16.4. The van der Waals surface area contributed by atoms with Crippen LogP contribution in [0.2, 0.25) is 0 Å². The summed E-state index contributed by atoms with van der Waals surface area (Å²) in [5.74, 6) is 0.688. The van der Waals surface area contributed by atoms with Crippen LogP contribution in [0, 0.1) is 5.82 Å². The Kier molecular flexibility index (Phi) is 5.83. The van der Waals surface area contributed by atoms with Gasteiger partial charge in [0.1, 0.15) is 11.6 Å². The summed E-state index contributed by atoms with van der Waals surface area (Å²) in [5.41, 5.74) is 1.23. The Morgan fingerprint density at radius 2 is 1.91 bits per heavy atom. The number of methoxy groups -OCH3 is 1. The van der Waals surface area contributed by atoms with Crippen LogP contribution in [0.5, 0.6) is 5.75 Å². The van der Waals surface area contributed by atoms with Crippen LogP contribution in [0.1, 0.15) is 12.5 Å². The van der Waals surface area contributed by atoms with Crippen molar-refractivity contribution in [3.63, 3.8) is 0 Å². The van der Waals surface area contributed by atoms with Crippen molar-refractivity contribution in [2.75, 3.05) is 12.4 Å². The number of benzene rings is 2. The van der Waals surface area contributed by atoms with Gasteiger partial charge in [0.2, 0.25) is 5.91 Å². The molecule has 0 saturated carbocycles. The number of ether oxygens (including phenoxy) is 1. The number of rotatable bonds is 6. The van der Waals surface area contributed by atoms with Gasteiger partial charge in [0.15, 0.2) is 0 Å². The number of halogens is 1. The fourth-order valence-electron chi connectivity index (χ4n) is 1.89. The number of para-hydroxylation sites is 2. The molecule has 0 fully saturated rings. The number of hydrogen-bond donors (Lipinski definition) is 1. The Balaban J connectivity index is 1.94. The molecule has 1 N–H and O–H groups in total. The standard InChI is InChI=1S/C17H18FNO2S/c1-12(22-11-13-7-3-4-8-14(13)18)17(20)19-15-9-5-6-10-16(15)21-2/h3-10,12H,11H2,1-2H3,(H,19,20)/t12-/m1/s1. The Hall–Kier alpha value is -2.01. The van der Waals surface area contributed by atoms with Crippen molar-refractivity contribution in [3.05, 3.63) is 59.9 Å². The molecule has 0 heterocycles. The maximum Gasteiger partial charge on any atom is 0.237 e. The molecule has 0 saturated heterocycles. The molecule has 2 aromatic rings. The van der Waals surface area contributed by atoms with Crippen molar-refractivity contribution in [3.8, 4) is 5.75 Å². The second-order valence-electron chi connectivity index (χ2n) is 4.73. The van der Waals surface area contributed by atoms with Crippen molar-refractivity contribution in [1.82, 2.24) is 0 Å². The average molecular weight is 319 g/mol. The fourth-order valence-corrected chi connectivity index (χ4v) is 2.76. The van der Waals surface area contributed by atoms with E-state index in [-0.39, 0.29) is 17.0 Å². The molecule has 1 atom stereocenters. The normalized spacial score (nSPS) is 11.8. The lowest BCUT2D eigenvalue weighted by molar-refractivity contribution is -0.115. The topological polar surface area (TPSA) is 38.3 Å². The summed E-state index contributed by atoms with van der Waals surface area (Å²) < 4.78 is 18.8. The van der Waals surface area contributed by atoms with Crippen LogP contribution < -0.4 is 10.1 Å². The minimum Gasteiger partial charge on any atom is -0.495 e. The summed E-state index contributed by atoms with van der Waals surface area (Å²) in [5, 5.41) is 2.53. The van der Waals surface area contributed by atoms with Crippen LogP contribution >= 0.6 is 11.8 Å². The van der Waals surface area contributed by atoms with E-state index in [2.05, 4.69) is 5.32 Å². The summed E-state index contributed by atoms with van der Waals surface area (Å²) in [6.07, 6.45) is 0. The molecule has 1 amide bonds. The van der Waals surface area contributed by atoms with E-state index in [0.29, 0.717) is 22.8 Å². The highest BCUT2D eigenvalue weighted by molar-refractivity contribution is 7.99. The molecule has 22 heavy (non-hydrogen) atoms. The first-order valence-corrected chi connectivity index (χ1v) is 7.95. The van der Waals surface area contributed by atoms with Gasteiger partial charge in [-0.3, -0.25) is 4.79 Å². The quantitative estimate of drug-likeness (QED) is 0.871. The average Bonchev–Trinajstić information content (AvgIpc) is 2.54. The Morgan fingerprint density at radius 3 is 2.64 bits per heavy atom. The maximum absolute atomic E-state index is 13.6. The molecular formula is C17H18FNO2S. The second-order valence-corrected chi connectivity index (χ2v) is 6.06. The zero-order chi connectivity index (χ0) is 15.9. The van der Waals surface area contributed by atoms with Crippen LogP contribution in [-0.4, -0.2) is 18.3 Å². The third kappa shape index (κ3) is 4.24. The molecule has 2 aromatic carbocycles. The van der Waals surface area contributed by atoms with Crippen LogP contribution in [0.25, 0.3) is 0 Å². The van der Waals surface area contributed by atoms with Crippen LogP contribution in [0.4, 0.5) is 10.1 Å². The van der Waals surface area contributed by atoms with Gasteiger partial charge < -0.3 is 10.1 Å². The molecule has 5 heteroatoms. The van der Waals surface area contributed by atoms with E-state index in [1.165, 1.54) is 17.8 Å². The zero-order valence-corrected chi connectivity index (χ0v) is 13.3. The van der Waals surface area contributed by atoms with Crippen molar-refractivity contribution < 1.29 is 13.9 Å². The molecule has 0 aliphatic heterocycles. The molecule has 3 nitrogen and oxygen atoms in total. The molecule has 0 spiro atoms. The van der Waals surface area contributed by atoms with Crippen molar-refractivity contribution in [1.29, 1.82) is 0 Å². The van der Waals surface area contributed by atoms with Crippen molar-refractivity contribution >= 4 is 23.4 Å². The second kappa shape index (κ2) is 7.84. The van der Waals surface area contributed by atoms with E-state index in [9.17, 15) is 9.18 Å². The number of anilines is 1. The molecule has 0 unspecified atom stereocenters. The highest BCUT2D eigenvalue weighted by Crippen LogP contribution is 2.25. The lowest BCUT2D eigenvalue weighted by Gasteiger charge is -2.14. The molecule has 0 aromatic heterocycles. The van der Waals surface area contributed by atoms with Crippen LogP contribution in [-0.2, 0) is 10.5 Å². The lowest BCUT2D eigenvalue weighted by Crippen LogP contribution is -2.22. The minimum atomic E-state index is -0.301. The summed E-state index contributed by atoms with van der Waals surface area (Å²) in [7, 11) is 1.56. The van der Waals surface area contributed by atoms with E-state index in [0.717, 1.165) is 0 Å². The molecule has 0 radical (unpaired) electrons. The van der Waals surface area contributed by atoms with Crippen molar-refractivity contribution in [2.45, 2.75) is 17.9 Å². The van der Waals surface area contributed by atoms with Gasteiger partial charge in [0, 0.05) is 5.75 Å². The highest BCUT2D eigenvalue weighted by atomic mass is 32.2. The summed E-state index contributed by atoms with van der Waals surface area (Å²) in [4.78, 5) is 12.2. The molecule has 0 aliphatic rings. The maximum atomic E-state index is 13.6. The van der Waals surface area contributed by atoms with Gasteiger partial charge in [-0.25, -0.2) is 4.39 Å². The van der Waals surface area contributed by atoms with E-state index in [1.54, 1.807) is 44.4 Å². The van der Waals surface area contributed by atoms with Gasteiger partial charge in [-0.2, -0.15) is 0 Å². The third-order valence-corrected chi connectivity index (χ3v) is 4.37. The predicted molar refractivity (Wildman–Crippen MR) is 88.8 cm³/mol. The van der Waals surface area contributed by atoms with Crippen LogP contribution in [0.3, 0.4) is 0 Å². The molecule has 116 valence electrons. The van der Waals surface area contributed by atoms with Gasteiger partial charge >= 0.3 is 0 Å². The number of hydrogen-bond acceptors (Lipinski definition) is 3. The smallest absolute Gasteiger partial charge is 0.237 e. The van der Waals surface area contributed by atoms with E-state index in [1.807, 2.05) is 12.1 Å². The third-order valence-electron chi connectivity index (χ3n) is 3.18. The molecule has 2 rings (SSSR count). The fraction of sp³-hybridized carbons (Fsp3) is 0.235. The minimum absolute atomic E-state index is 0.133. The number of carbonyl (C=O) groups is 1. The van der Waals surface area contributed by atoms with Crippen LogP contribution in [0.15, 0.2) is 48.5 Å². The highest BCUT2D eigenvalue weighted by Gasteiger charge is 2.16. The van der Waals surface area contributed by atoms with Crippen molar-refractivity contribution in [2.24, 2.45) is 0 Å². The van der Waals surface area contributed by atoms with Gasteiger partial charge in [0.25, 0.3) is 0 Å². The molecular weight excluding hydrogens is 301 g/mol. The van der Waals surface area contributed by atoms with Gasteiger partial charge in [-0.1, -0.05) is 30.3 Å². The summed E-state index contributed by atoms with van der Waals surface area (Å²) >= 11 is 1.39. The van der Waals surface area contributed by atoms with E-state index >= 15 is 0 Å². The van der Waals surface area contributed by atoms with E-state index in [4.69, 9.17) is 4.74 Å². The first-order chi connectivity index (χ1) is 10.6. The summed E-state index contributed by atoms with van der Waals surface area (Å²) in [6.45, 7) is 1.80. The van der Waals surface area contributed by atoms with Gasteiger partial charge in [-0.15, -0.1) is 11.8 Å². The largest absolute Gasteiger partial charge is 0.495 e. The Labute approximate surface area is 133 Å². The number of thioether (sulfide) groups is 1. The first-order valence-electron chi connectivity index (χ1n) is 6.90. The molecule has 0 bridgehead atoms. The number of carbonyl (C=O) groups excluding carboxylic acids is 1. The molecule has 0 aliphatic carbocycles.